The van der Waals surface area contributed by atoms with E-state index in [0.29, 0.717) is 0 Å². The van der Waals surface area contributed by atoms with Gasteiger partial charge in [-0.2, -0.15) is 0 Å². The molecule has 0 saturated carbocycles. The molecule has 3 N–H and O–H groups in total. The molecule has 0 heterocycles. The standard InChI is InChI=1S/C35H19Cl3N2O6S/c1-3-5-6-7-8-9-10-11-12-13-20-46-25-15-17-26(18-16-25)47(44,45)33(4-2)35(43)39-30-23-32(41)31(22-29(30)38)40-34(42)24-14-19-27(36)28(37)21-24/h1,14-19,21-23,33,41H,4H2,2H3,(H,39,43)(H,40,42). The number of nitrogens with one attached hydrogen (secondary N) is 2. The predicted octanol–water partition coefficient (Wildman–Crippen LogP) is 5.78. The molecule has 2 amide bonds. The number of hydrogen-bond acceptors (Lipinski definition) is 6. The van der Waals surface area contributed by atoms with Gasteiger partial charge in [-0.25, -0.2) is 8.42 Å². The van der Waals surface area contributed by atoms with Gasteiger partial charge in [0.1, 0.15) is 22.9 Å². The van der Waals surface area contributed by atoms with Crippen LogP contribution in [0.3, 0.4) is 0 Å². The summed E-state index contributed by atoms with van der Waals surface area (Å²) in [7, 11) is -4.17. The van der Waals surface area contributed by atoms with E-state index in [1.165, 1.54) is 55.5 Å². The lowest BCUT2D eigenvalue weighted by molar-refractivity contribution is -0.115. The van der Waals surface area contributed by atoms with Gasteiger partial charge < -0.3 is 20.5 Å². The molecular formula is C35H19Cl3N2O6S. The first-order valence-corrected chi connectivity index (χ1v) is 15.7. The van der Waals surface area contributed by atoms with Gasteiger partial charge in [-0.3, -0.25) is 9.59 Å². The normalized spacial score (nSPS) is 10.1. The highest BCUT2D eigenvalue weighted by molar-refractivity contribution is 7.92. The summed E-state index contributed by atoms with van der Waals surface area (Å²) in [5.41, 5.74) is 0.0250. The zero-order valence-corrected chi connectivity index (χ0v) is 27.2. The van der Waals surface area contributed by atoms with Gasteiger partial charge in [0.15, 0.2) is 9.84 Å². The van der Waals surface area contributed by atoms with Crippen LogP contribution in [0.15, 0.2) is 59.5 Å². The van der Waals surface area contributed by atoms with Crippen LogP contribution in [-0.4, -0.2) is 30.6 Å². The highest BCUT2D eigenvalue weighted by Crippen LogP contribution is 2.35. The number of phenolic OH excluding ortho intramolecular Hbond substituents is 1. The van der Waals surface area contributed by atoms with Crippen LogP contribution in [0.25, 0.3) is 0 Å². The number of ether oxygens (including phenoxy) is 1. The molecule has 0 aromatic heterocycles. The molecule has 3 rings (SSSR count). The Morgan fingerprint density at radius 3 is 2.02 bits per heavy atom. The lowest BCUT2D eigenvalue weighted by Gasteiger charge is -2.17. The number of benzene rings is 3. The Morgan fingerprint density at radius 2 is 1.43 bits per heavy atom. The summed E-state index contributed by atoms with van der Waals surface area (Å²) >= 11 is 18.1. The third-order valence-electron chi connectivity index (χ3n) is 5.76. The second kappa shape index (κ2) is 17.2. The smallest absolute Gasteiger partial charge is 0.255 e. The number of halogens is 3. The van der Waals surface area contributed by atoms with Crippen LogP contribution in [0.2, 0.25) is 15.1 Å². The van der Waals surface area contributed by atoms with Gasteiger partial charge in [-0.05, 0) is 84.6 Å². The zero-order chi connectivity index (χ0) is 34.4. The Hall–Kier alpha value is -5.62. The number of hydrogen-bond donors (Lipinski definition) is 3. The second-order valence-electron chi connectivity index (χ2n) is 8.81. The highest BCUT2D eigenvalue weighted by Gasteiger charge is 2.33. The molecule has 8 nitrogen and oxygen atoms in total. The minimum atomic E-state index is -4.17. The average molecular weight is 702 g/mol. The first kappa shape index (κ1) is 35.9. The average Bonchev–Trinajstić information content (AvgIpc) is 3.04. The van der Waals surface area contributed by atoms with Gasteiger partial charge in [-0.15, -0.1) is 6.42 Å². The van der Waals surface area contributed by atoms with E-state index in [1.54, 1.807) is 0 Å². The van der Waals surface area contributed by atoms with Crippen LogP contribution in [0.4, 0.5) is 11.4 Å². The molecular weight excluding hydrogens is 683 g/mol. The van der Waals surface area contributed by atoms with Gasteiger partial charge in [0.25, 0.3) is 5.91 Å². The van der Waals surface area contributed by atoms with Gasteiger partial charge in [0.2, 0.25) is 5.91 Å². The number of sulfone groups is 1. The molecule has 1 unspecified atom stereocenters. The fraction of sp³-hybridized carbons (Fsp3) is 0.0857. The largest absolute Gasteiger partial charge is 0.506 e. The first-order chi connectivity index (χ1) is 22.5. The summed E-state index contributed by atoms with van der Waals surface area (Å²) in [4.78, 5) is 25.6. The summed E-state index contributed by atoms with van der Waals surface area (Å²) in [6.07, 6.45) is 7.22. The van der Waals surface area contributed by atoms with Crippen LogP contribution < -0.4 is 15.4 Å². The Balaban J connectivity index is 1.67. The maximum Gasteiger partial charge on any atom is 0.255 e. The topological polar surface area (TPSA) is 122 Å². The van der Waals surface area contributed by atoms with Crippen molar-refractivity contribution < 1.29 is 27.9 Å². The Labute approximate surface area is 287 Å². The number of carbonyl (C=O) groups excluding carboxylic acids is 2. The molecule has 0 saturated heterocycles. The van der Waals surface area contributed by atoms with Gasteiger partial charge in [0.05, 0.1) is 31.3 Å². The Bertz CT molecular complexity index is 2200. The molecule has 0 aliphatic heterocycles. The summed E-state index contributed by atoms with van der Waals surface area (Å²) in [6.45, 7) is 1.53. The van der Waals surface area contributed by atoms with E-state index in [-0.39, 0.29) is 49.1 Å². The van der Waals surface area contributed by atoms with Crippen molar-refractivity contribution >= 4 is 67.8 Å². The predicted molar refractivity (Wildman–Crippen MR) is 182 cm³/mol. The SMILES string of the molecule is C#CC#CC#CC#CC#CC#COc1ccc(S(=O)(=O)C(CC)C(=O)Nc2cc(O)c(NC(=O)c3ccc(Cl)c(Cl)c3)cc2Cl)cc1. The van der Waals surface area contributed by atoms with E-state index >= 15 is 0 Å². The second-order valence-corrected chi connectivity index (χ2v) is 12.2. The van der Waals surface area contributed by atoms with Crippen molar-refractivity contribution in [1.82, 2.24) is 0 Å². The van der Waals surface area contributed by atoms with Crippen molar-refractivity contribution in [3.05, 3.63) is 75.2 Å². The summed E-state index contributed by atoms with van der Waals surface area (Å²) < 4.78 is 31.9. The zero-order valence-electron chi connectivity index (χ0n) is 24.1. The van der Waals surface area contributed by atoms with Crippen LogP contribution in [0.1, 0.15) is 23.7 Å². The number of rotatable bonds is 8. The van der Waals surface area contributed by atoms with Crippen molar-refractivity contribution in [2.45, 2.75) is 23.5 Å². The molecule has 47 heavy (non-hydrogen) atoms. The number of aromatic hydroxyl groups is 1. The number of phenols is 1. The van der Waals surface area contributed by atoms with E-state index in [4.69, 9.17) is 46.0 Å². The first-order valence-electron chi connectivity index (χ1n) is 13.0. The maximum absolute atomic E-state index is 13.3. The van der Waals surface area contributed by atoms with E-state index < -0.39 is 32.7 Å². The minimum absolute atomic E-state index is 0.0649. The van der Waals surface area contributed by atoms with Crippen molar-refractivity contribution in [2.24, 2.45) is 0 Å². The third kappa shape index (κ3) is 10.2. The van der Waals surface area contributed by atoms with E-state index in [0.717, 1.165) is 6.07 Å². The minimum Gasteiger partial charge on any atom is -0.506 e. The van der Waals surface area contributed by atoms with Crippen molar-refractivity contribution in [3.8, 4) is 83.2 Å². The van der Waals surface area contributed by atoms with Crippen LogP contribution in [0.5, 0.6) is 11.5 Å². The molecule has 232 valence electrons. The summed E-state index contributed by atoms with van der Waals surface area (Å²) in [5.74, 6) is 22.1. The molecule has 3 aromatic carbocycles. The van der Waals surface area contributed by atoms with Crippen molar-refractivity contribution in [1.29, 1.82) is 0 Å². The highest BCUT2D eigenvalue weighted by atomic mass is 35.5. The number of terminal acetylenes is 1. The molecule has 0 aliphatic carbocycles. The molecule has 0 radical (unpaired) electrons. The van der Waals surface area contributed by atoms with Crippen LogP contribution in [0, 0.1) is 71.7 Å². The monoisotopic (exact) mass is 700 g/mol. The Kier molecular flexibility index (Phi) is 13.1. The molecule has 0 spiro atoms. The Morgan fingerprint density at radius 1 is 0.809 bits per heavy atom. The van der Waals surface area contributed by atoms with Crippen LogP contribution in [-0.2, 0) is 14.6 Å². The van der Waals surface area contributed by atoms with Gasteiger partial charge in [0, 0.05) is 41.2 Å². The number of carbonyl (C=O) groups is 2. The molecule has 0 fully saturated rings. The molecule has 0 bridgehead atoms. The lowest BCUT2D eigenvalue weighted by atomic mass is 10.2. The van der Waals surface area contributed by atoms with Gasteiger partial charge >= 0.3 is 0 Å². The van der Waals surface area contributed by atoms with Gasteiger partial charge in [-0.1, -0.05) is 41.7 Å². The molecule has 12 heteroatoms. The molecule has 1 atom stereocenters. The fourth-order valence-electron chi connectivity index (χ4n) is 3.57. The van der Waals surface area contributed by atoms with Crippen molar-refractivity contribution in [3.63, 3.8) is 0 Å². The number of amides is 2. The molecule has 3 aromatic rings. The molecule has 0 aliphatic rings. The summed E-state index contributed by atoms with van der Waals surface area (Å²) in [6, 6.07) is 11.8. The third-order valence-corrected chi connectivity index (χ3v) is 9.03. The van der Waals surface area contributed by atoms with Crippen molar-refractivity contribution in [2.75, 3.05) is 10.6 Å². The lowest BCUT2D eigenvalue weighted by Crippen LogP contribution is -2.34. The van der Waals surface area contributed by atoms with E-state index in [1.807, 2.05) is 0 Å². The number of anilines is 2. The van der Waals surface area contributed by atoms with E-state index in [2.05, 4.69) is 75.9 Å². The van der Waals surface area contributed by atoms with Crippen LogP contribution >= 0.6 is 34.8 Å². The maximum atomic E-state index is 13.3. The summed E-state index contributed by atoms with van der Waals surface area (Å²) in [5, 5.41) is 14.3. The van der Waals surface area contributed by atoms with E-state index in [9.17, 15) is 23.1 Å². The quantitative estimate of drug-likeness (QED) is 0.202. The fourth-order valence-corrected chi connectivity index (χ4v) is 5.71.